The summed E-state index contributed by atoms with van der Waals surface area (Å²) in [5.41, 5.74) is 2.11. The van der Waals surface area contributed by atoms with Crippen LogP contribution in [0.25, 0.3) is 11.1 Å². The highest BCUT2D eigenvalue weighted by Gasteiger charge is 2.23. The molecular weight excluding hydrogens is 564 g/mol. The van der Waals surface area contributed by atoms with Crippen LogP contribution in [0.2, 0.25) is 0 Å². The summed E-state index contributed by atoms with van der Waals surface area (Å²) in [6.07, 6.45) is 13.0. The number of unbranched alkanes of at least 4 members (excludes halogenated alkanes) is 9. The molecule has 3 aromatic rings. The summed E-state index contributed by atoms with van der Waals surface area (Å²) < 4.78 is 16.5. The molecule has 0 aliphatic rings. The second kappa shape index (κ2) is 18.2. The number of phenols is 1. The monoisotopic (exact) mass is 608 g/mol. The van der Waals surface area contributed by atoms with Gasteiger partial charge < -0.3 is 19.3 Å². The van der Waals surface area contributed by atoms with Crippen LogP contribution in [0.1, 0.15) is 95.3 Å². The van der Waals surface area contributed by atoms with Gasteiger partial charge in [0.25, 0.3) is 0 Å². The van der Waals surface area contributed by atoms with Crippen LogP contribution < -0.4 is 14.2 Å². The van der Waals surface area contributed by atoms with Crippen LogP contribution in [-0.2, 0) is 4.79 Å². The van der Waals surface area contributed by atoms with E-state index in [0.717, 1.165) is 29.9 Å². The van der Waals surface area contributed by atoms with Gasteiger partial charge >= 0.3 is 11.9 Å². The minimum atomic E-state index is -0.850. The van der Waals surface area contributed by atoms with Crippen molar-refractivity contribution in [2.75, 3.05) is 6.61 Å². The number of alkyl halides is 1. The first-order valence-electron chi connectivity index (χ1n) is 15.5. The molecule has 0 radical (unpaired) electrons. The van der Waals surface area contributed by atoms with Gasteiger partial charge in [0.2, 0.25) is 0 Å². The lowest BCUT2D eigenvalue weighted by Crippen LogP contribution is -2.25. The molecule has 3 rings (SSSR count). The highest BCUT2D eigenvalue weighted by molar-refractivity contribution is 6.30. The molecular formula is C36H45ClO6. The van der Waals surface area contributed by atoms with Crippen LogP contribution in [0, 0.1) is 5.92 Å². The van der Waals surface area contributed by atoms with Crippen molar-refractivity contribution in [3.05, 3.63) is 72.3 Å². The van der Waals surface area contributed by atoms with E-state index in [9.17, 15) is 14.7 Å². The Hall–Kier alpha value is -3.51. The van der Waals surface area contributed by atoms with Crippen molar-refractivity contribution in [3.63, 3.8) is 0 Å². The van der Waals surface area contributed by atoms with E-state index in [1.807, 2.05) is 36.4 Å². The van der Waals surface area contributed by atoms with E-state index < -0.39 is 17.3 Å². The molecule has 0 saturated heterocycles. The number of benzene rings is 3. The number of esters is 2. The van der Waals surface area contributed by atoms with Crippen molar-refractivity contribution in [1.29, 1.82) is 0 Å². The Morgan fingerprint density at radius 1 is 0.721 bits per heavy atom. The topological polar surface area (TPSA) is 82.1 Å². The number of hydrogen-bond acceptors (Lipinski definition) is 6. The smallest absolute Gasteiger partial charge is 0.343 e. The van der Waals surface area contributed by atoms with Gasteiger partial charge in [0.15, 0.2) is 11.5 Å². The van der Waals surface area contributed by atoms with Crippen molar-refractivity contribution in [1.82, 2.24) is 0 Å². The quantitative estimate of drug-likeness (QED) is 0.0670. The first-order chi connectivity index (χ1) is 20.8. The van der Waals surface area contributed by atoms with Crippen LogP contribution in [0.5, 0.6) is 23.0 Å². The van der Waals surface area contributed by atoms with Gasteiger partial charge in [0, 0.05) is 0 Å². The first kappa shape index (κ1) is 34.0. The van der Waals surface area contributed by atoms with Crippen molar-refractivity contribution < 1.29 is 28.9 Å². The fourth-order valence-electron chi connectivity index (χ4n) is 4.57. The average Bonchev–Trinajstić information content (AvgIpc) is 3.01. The molecule has 0 spiro atoms. The second-order valence-corrected chi connectivity index (χ2v) is 11.7. The van der Waals surface area contributed by atoms with E-state index in [2.05, 4.69) is 6.92 Å². The summed E-state index contributed by atoms with van der Waals surface area (Å²) in [6, 6.07) is 19.1. The van der Waals surface area contributed by atoms with E-state index in [1.165, 1.54) is 76.0 Å². The Kier molecular flexibility index (Phi) is 14.4. The summed E-state index contributed by atoms with van der Waals surface area (Å²) in [5.74, 6) is -0.668. The van der Waals surface area contributed by atoms with E-state index in [0.29, 0.717) is 5.75 Å². The number of carbonyl (C=O) groups excluding carboxylic acids is 2. The van der Waals surface area contributed by atoms with Crippen LogP contribution in [0.15, 0.2) is 66.7 Å². The Labute approximate surface area is 261 Å². The summed E-state index contributed by atoms with van der Waals surface area (Å²) in [4.78, 5) is 24.7. The Morgan fingerprint density at radius 3 is 1.79 bits per heavy atom. The molecule has 1 atom stereocenters. The van der Waals surface area contributed by atoms with Crippen LogP contribution in [-0.4, -0.2) is 29.0 Å². The molecule has 0 saturated carbocycles. The van der Waals surface area contributed by atoms with E-state index in [1.54, 1.807) is 26.0 Å². The molecule has 0 aliphatic heterocycles. The third kappa shape index (κ3) is 11.6. The standard InChI is InChI=1S/C36H45ClO6/c1-4-5-6-7-8-9-10-11-12-13-24-41-30-19-14-27(15-20-30)28-16-21-31(22-17-28)42-35(39)29-18-23-33(32(38)25-29)43-36(40)34(37)26(2)3/h14-23,25-26,34,38H,4-13,24H2,1-3H3/t34-/m0/s1. The Bertz CT molecular complexity index is 1270. The molecule has 0 fully saturated rings. The van der Waals surface area contributed by atoms with Crippen molar-refractivity contribution in [2.45, 2.75) is 90.4 Å². The maximum Gasteiger partial charge on any atom is 0.343 e. The maximum absolute atomic E-state index is 12.6. The van der Waals surface area contributed by atoms with Gasteiger partial charge in [0.1, 0.15) is 16.9 Å². The number of aromatic hydroxyl groups is 1. The third-order valence-corrected chi connectivity index (χ3v) is 7.92. The predicted molar refractivity (Wildman–Crippen MR) is 172 cm³/mol. The van der Waals surface area contributed by atoms with Gasteiger partial charge in [-0.25, -0.2) is 4.79 Å². The number of rotatable bonds is 18. The lowest BCUT2D eigenvalue weighted by Gasteiger charge is -2.13. The number of ether oxygens (including phenoxy) is 3. The lowest BCUT2D eigenvalue weighted by molar-refractivity contribution is -0.134. The van der Waals surface area contributed by atoms with Gasteiger partial charge in [-0.1, -0.05) is 103 Å². The van der Waals surface area contributed by atoms with E-state index in [4.69, 9.17) is 25.8 Å². The summed E-state index contributed by atoms with van der Waals surface area (Å²) in [7, 11) is 0. The highest BCUT2D eigenvalue weighted by atomic mass is 35.5. The molecule has 7 heteroatoms. The van der Waals surface area contributed by atoms with E-state index >= 15 is 0 Å². The van der Waals surface area contributed by atoms with Crippen LogP contribution in [0.3, 0.4) is 0 Å². The zero-order valence-electron chi connectivity index (χ0n) is 25.7. The Morgan fingerprint density at radius 2 is 1.26 bits per heavy atom. The largest absolute Gasteiger partial charge is 0.504 e. The molecule has 0 unspecified atom stereocenters. The molecule has 0 aliphatic carbocycles. The fraction of sp³-hybridized carbons (Fsp3) is 0.444. The van der Waals surface area contributed by atoms with Gasteiger partial charge in [-0.15, -0.1) is 11.6 Å². The molecule has 232 valence electrons. The predicted octanol–water partition coefficient (Wildman–Crippen LogP) is 9.75. The van der Waals surface area contributed by atoms with Gasteiger partial charge in [-0.3, -0.25) is 4.79 Å². The lowest BCUT2D eigenvalue weighted by atomic mass is 10.1. The minimum absolute atomic E-state index is 0.0765. The molecule has 0 aromatic heterocycles. The molecule has 43 heavy (non-hydrogen) atoms. The number of hydrogen-bond donors (Lipinski definition) is 1. The second-order valence-electron chi connectivity index (χ2n) is 11.2. The average molecular weight is 609 g/mol. The third-order valence-electron chi connectivity index (χ3n) is 7.23. The summed E-state index contributed by atoms with van der Waals surface area (Å²) in [5, 5.41) is 9.40. The summed E-state index contributed by atoms with van der Waals surface area (Å²) >= 11 is 6.01. The normalized spacial score (nSPS) is 11.7. The zero-order valence-corrected chi connectivity index (χ0v) is 26.4. The van der Waals surface area contributed by atoms with Crippen molar-refractivity contribution in [3.8, 4) is 34.1 Å². The molecule has 3 aromatic carbocycles. The van der Waals surface area contributed by atoms with E-state index in [-0.39, 0.29) is 23.0 Å². The molecule has 0 heterocycles. The van der Waals surface area contributed by atoms with Crippen LogP contribution in [0.4, 0.5) is 0 Å². The first-order valence-corrected chi connectivity index (χ1v) is 16.0. The molecule has 6 nitrogen and oxygen atoms in total. The number of halogens is 1. The SMILES string of the molecule is CCCCCCCCCCCCOc1ccc(-c2ccc(OC(=O)c3ccc(OC(=O)[C@@H](Cl)C(C)C)c(O)c3)cc2)cc1. The van der Waals surface area contributed by atoms with Gasteiger partial charge in [0.05, 0.1) is 12.2 Å². The highest BCUT2D eigenvalue weighted by Crippen LogP contribution is 2.29. The van der Waals surface area contributed by atoms with Gasteiger partial charge in [-0.2, -0.15) is 0 Å². The molecule has 0 amide bonds. The summed E-state index contributed by atoms with van der Waals surface area (Å²) in [6.45, 7) is 6.56. The fourth-order valence-corrected chi connectivity index (χ4v) is 4.62. The van der Waals surface area contributed by atoms with Gasteiger partial charge in [-0.05, 0) is 65.9 Å². The molecule has 1 N–H and O–H groups in total. The van der Waals surface area contributed by atoms with Crippen LogP contribution >= 0.6 is 11.6 Å². The van der Waals surface area contributed by atoms with Crippen molar-refractivity contribution >= 4 is 23.5 Å². The number of carbonyl (C=O) groups is 2. The number of phenolic OH excluding ortho intramolecular Hbond substituents is 1. The molecule has 0 bridgehead atoms. The zero-order chi connectivity index (χ0) is 31.0. The minimum Gasteiger partial charge on any atom is -0.504 e. The Balaban J connectivity index is 1.41. The van der Waals surface area contributed by atoms with Crippen molar-refractivity contribution in [2.24, 2.45) is 5.92 Å². The maximum atomic E-state index is 12.6.